The number of carbonyl (C=O) groups is 2. The maximum Gasteiger partial charge on any atom is 0.254 e. The van der Waals surface area contributed by atoms with E-state index in [0.29, 0.717) is 24.1 Å². The Kier molecular flexibility index (Phi) is 5.18. The van der Waals surface area contributed by atoms with Gasteiger partial charge in [-0.15, -0.1) is 0 Å². The summed E-state index contributed by atoms with van der Waals surface area (Å²) in [5.41, 5.74) is 9.28. The fraction of sp³-hybridized carbons (Fsp3) is 0.333. The van der Waals surface area contributed by atoms with E-state index < -0.39 is 11.4 Å². The van der Waals surface area contributed by atoms with Crippen molar-refractivity contribution in [3.05, 3.63) is 64.6 Å². The van der Waals surface area contributed by atoms with Gasteiger partial charge in [-0.25, -0.2) is 9.50 Å². The summed E-state index contributed by atoms with van der Waals surface area (Å²) in [7, 11) is 0. The summed E-state index contributed by atoms with van der Waals surface area (Å²) >= 11 is 0. The third-order valence-electron chi connectivity index (χ3n) is 5.02. The first kappa shape index (κ1) is 19.5. The molecule has 3 N–H and O–H groups in total. The zero-order valence-electron chi connectivity index (χ0n) is 16.6. The molecule has 3 rings (SSSR count). The second kappa shape index (κ2) is 7.42. The van der Waals surface area contributed by atoms with Crippen molar-refractivity contribution in [3.63, 3.8) is 0 Å². The van der Waals surface area contributed by atoms with E-state index in [9.17, 15) is 9.59 Å². The first-order valence-electron chi connectivity index (χ1n) is 9.21. The SMILES string of the molecule is Cc1nc2c(C(N)=O)cnn2c(C)c1CCC(=O)NC(C)(C)c1ccccc1. The van der Waals surface area contributed by atoms with Crippen LogP contribution in [0.25, 0.3) is 5.65 Å². The predicted octanol–water partition coefficient (Wildman–Crippen LogP) is 2.43. The van der Waals surface area contributed by atoms with Crippen molar-refractivity contribution in [1.29, 1.82) is 0 Å². The lowest BCUT2D eigenvalue weighted by atomic mass is 9.94. The number of fused-ring (bicyclic) bond motifs is 1. The van der Waals surface area contributed by atoms with E-state index in [1.165, 1.54) is 6.20 Å². The van der Waals surface area contributed by atoms with Crippen molar-refractivity contribution in [3.8, 4) is 0 Å². The van der Waals surface area contributed by atoms with Crippen LogP contribution in [0.15, 0.2) is 36.5 Å². The van der Waals surface area contributed by atoms with Gasteiger partial charge in [0, 0.05) is 17.8 Å². The summed E-state index contributed by atoms with van der Waals surface area (Å²) in [6, 6.07) is 9.87. The molecule has 0 aliphatic carbocycles. The minimum absolute atomic E-state index is 0.0361. The van der Waals surface area contributed by atoms with Gasteiger partial charge >= 0.3 is 0 Å². The Balaban J connectivity index is 1.76. The summed E-state index contributed by atoms with van der Waals surface area (Å²) in [4.78, 5) is 28.6. The van der Waals surface area contributed by atoms with Crippen molar-refractivity contribution in [2.24, 2.45) is 5.73 Å². The molecule has 7 nitrogen and oxygen atoms in total. The Bertz CT molecular complexity index is 1040. The molecule has 0 atom stereocenters. The van der Waals surface area contributed by atoms with Crippen LogP contribution in [0.4, 0.5) is 0 Å². The molecule has 0 spiro atoms. The summed E-state index contributed by atoms with van der Waals surface area (Å²) < 4.78 is 1.61. The molecule has 146 valence electrons. The Morgan fingerprint density at radius 2 is 1.86 bits per heavy atom. The summed E-state index contributed by atoms with van der Waals surface area (Å²) in [6.07, 6.45) is 2.29. The molecule has 0 unspecified atom stereocenters. The number of aryl methyl sites for hydroxylation is 2. The summed E-state index contributed by atoms with van der Waals surface area (Å²) in [5.74, 6) is -0.595. The van der Waals surface area contributed by atoms with Crippen molar-refractivity contribution >= 4 is 17.5 Å². The summed E-state index contributed by atoms with van der Waals surface area (Å²) in [5, 5.41) is 7.32. The molecule has 2 aromatic heterocycles. The highest BCUT2D eigenvalue weighted by molar-refractivity contribution is 5.98. The highest BCUT2D eigenvalue weighted by Gasteiger charge is 2.23. The van der Waals surface area contributed by atoms with Gasteiger partial charge in [0.1, 0.15) is 5.56 Å². The zero-order valence-corrected chi connectivity index (χ0v) is 16.6. The average Bonchev–Trinajstić information content (AvgIpc) is 3.06. The number of aromatic nitrogens is 3. The van der Waals surface area contributed by atoms with E-state index >= 15 is 0 Å². The molecule has 0 bridgehead atoms. The van der Waals surface area contributed by atoms with Crippen LogP contribution in [0, 0.1) is 13.8 Å². The molecule has 2 heterocycles. The fourth-order valence-electron chi connectivity index (χ4n) is 3.42. The zero-order chi connectivity index (χ0) is 20.5. The largest absolute Gasteiger partial charge is 0.365 e. The topological polar surface area (TPSA) is 102 Å². The van der Waals surface area contributed by atoms with Gasteiger partial charge in [-0.3, -0.25) is 9.59 Å². The molecule has 0 saturated carbocycles. The summed E-state index contributed by atoms with van der Waals surface area (Å²) in [6.45, 7) is 7.74. The van der Waals surface area contributed by atoms with Crippen LogP contribution in [0.1, 0.15) is 53.1 Å². The first-order chi connectivity index (χ1) is 13.2. The number of benzene rings is 1. The number of hydrogen-bond acceptors (Lipinski definition) is 4. The number of rotatable bonds is 6. The standard InChI is InChI=1S/C21H25N5O2/c1-13-16(14(2)26-20(24-13)17(12-23-26)19(22)28)10-11-18(27)25-21(3,4)15-8-6-5-7-9-15/h5-9,12H,10-11H2,1-4H3,(H2,22,28)(H,25,27). The van der Waals surface area contributed by atoms with Crippen molar-refractivity contribution in [2.45, 2.75) is 46.1 Å². The van der Waals surface area contributed by atoms with Crippen LogP contribution in [0.2, 0.25) is 0 Å². The molecule has 1 aromatic carbocycles. The van der Waals surface area contributed by atoms with Gasteiger partial charge in [0.15, 0.2) is 5.65 Å². The van der Waals surface area contributed by atoms with Gasteiger partial charge in [-0.2, -0.15) is 5.10 Å². The molecule has 3 aromatic rings. The third kappa shape index (κ3) is 3.74. The first-order valence-corrected chi connectivity index (χ1v) is 9.21. The normalized spacial score (nSPS) is 11.6. The van der Waals surface area contributed by atoms with E-state index in [1.54, 1.807) is 4.52 Å². The monoisotopic (exact) mass is 379 g/mol. The number of primary amides is 1. The Morgan fingerprint density at radius 1 is 1.18 bits per heavy atom. The van der Waals surface area contributed by atoms with Crippen LogP contribution in [0.5, 0.6) is 0 Å². The van der Waals surface area contributed by atoms with E-state index in [-0.39, 0.29) is 5.91 Å². The van der Waals surface area contributed by atoms with E-state index in [4.69, 9.17) is 5.73 Å². The smallest absolute Gasteiger partial charge is 0.254 e. The number of nitrogens with zero attached hydrogens (tertiary/aromatic N) is 3. The average molecular weight is 379 g/mol. The van der Waals surface area contributed by atoms with Gasteiger partial charge in [0.25, 0.3) is 5.91 Å². The fourth-order valence-corrected chi connectivity index (χ4v) is 3.42. The van der Waals surface area contributed by atoms with Crippen LogP contribution in [-0.2, 0) is 16.8 Å². The molecular weight excluding hydrogens is 354 g/mol. The van der Waals surface area contributed by atoms with Gasteiger partial charge in [-0.05, 0) is 45.2 Å². The van der Waals surface area contributed by atoms with Crippen molar-refractivity contribution in [1.82, 2.24) is 19.9 Å². The van der Waals surface area contributed by atoms with E-state index in [0.717, 1.165) is 22.5 Å². The van der Waals surface area contributed by atoms with Gasteiger partial charge < -0.3 is 11.1 Å². The number of hydrogen-bond donors (Lipinski definition) is 2. The maximum absolute atomic E-state index is 12.6. The molecular formula is C21H25N5O2. The van der Waals surface area contributed by atoms with E-state index in [2.05, 4.69) is 15.4 Å². The second-order valence-electron chi connectivity index (χ2n) is 7.46. The lowest BCUT2D eigenvalue weighted by molar-refractivity contribution is -0.122. The quantitative estimate of drug-likeness (QED) is 0.686. The van der Waals surface area contributed by atoms with Gasteiger partial charge in [-0.1, -0.05) is 30.3 Å². The number of amides is 2. The molecule has 0 fully saturated rings. The maximum atomic E-state index is 12.6. The second-order valence-corrected chi connectivity index (χ2v) is 7.46. The molecule has 7 heteroatoms. The van der Waals surface area contributed by atoms with E-state index in [1.807, 2.05) is 58.0 Å². The minimum Gasteiger partial charge on any atom is -0.365 e. The number of nitrogens with two attached hydrogens (primary N) is 1. The Hall–Kier alpha value is -3.22. The van der Waals surface area contributed by atoms with Gasteiger partial charge in [0.2, 0.25) is 5.91 Å². The molecule has 0 aliphatic rings. The highest BCUT2D eigenvalue weighted by atomic mass is 16.2. The minimum atomic E-state index is -0.559. The highest BCUT2D eigenvalue weighted by Crippen LogP contribution is 2.21. The Morgan fingerprint density at radius 3 is 2.50 bits per heavy atom. The molecule has 28 heavy (non-hydrogen) atoms. The number of nitrogens with one attached hydrogen (secondary N) is 1. The van der Waals surface area contributed by atoms with Crippen molar-refractivity contribution < 1.29 is 9.59 Å². The van der Waals surface area contributed by atoms with Crippen LogP contribution < -0.4 is 11.1 Å². The Labute approximate surface area is 164 Å². The molecule has 0 aliphatic heterocycles. The molecule has 0 radical (unpaired) electrons. The lowest BCUT2D eigenvalue weighted by Crippen LogP contribution is -2.41. The lowest BCUT2D eigenvalue weighted by Gasteiger charge is -2.27. The molecule has 2 amide bonds. The third-order valence-corrected chi connectivity index (χ3v) is 5.02. The van der Waals surface area contributed by atoms with Gasteiger partial charge in [0.05, 0.1) is 11.7 Å². The van der Waals surface area contributed by atoms with Crippen LogP contribution >= 0.6 is 0 Å². The number of carbonyl (C=O) groups excluding carboxylic acids is 2. The molecule has 0 saturated heterocycles. The van der Waals surface area contributed by atoms with Crippen molar-refractivity contribution in [2.75, 3.05) is 0 Å². The predicted molar refractivity (Wildman–Crippen MR) is 107 cm³/mol. The van der Waals surface area contributed by atoms with Crippen LogP contribution in [-0.4, -0.2) is 26.4 Å². The van der Waals surface area contributed by atoms with Crippen LogP contribution in [0.3, 0.4) is 0 Å².